The SMILES string of the molecule is Cc1c(C(=O)N2C[C@H](C3CCCCC3)C[C@H]2C(=O)c2c(Cl)cncc2Cl)cnn1C1CCC(C)(C(=O)O)CC1. The predicted octanol–water partition coefficient (Wildman–Crippen LogP) is 6.39. The first-order valence-electron chi connectivity index (χ1n) is 14.0. The van der Waals surface area contributed by atoms with Crippen LogP contribution in [0.3, 0.4) is 0 Å². The summed E-state index contributed by atoms with van der Waals surface area (Å²) >= 11 is 12.7. The molecule has 0 radical (unpaired) electrons. The Bertz CT molecular complexity index is 1240. The van der Waals surface area contributed by atoms with Crippen LogP contribution in [0, 0.1) is 24.2 Å². The van der Waals surface area contributed by atoms with Crippen LogP contribution >= 0.6 is 23.2 Å². The molecule has 0 aromatic carbocycles. The molecule has 3 aliphatic rings. The van der Waals surface area contributed by atoms with Crippen LogP contribution in [0.25, 0.3) is 0 Å². The number of carbonyl (C=O) groups excluding carboxylic acids is 2. The average Bonchev–Trinajstić information content (AvgIpc) is 3.53. The summed E-state index contributed by atoms with van der Waals surface area (Å²) in [6.07, 6.45) is 13.4. The number of ketones is 1. The van der Waals surface area contributed by atoms with E-state index >= 15 is 0 Å². The predicted molar refractivity (Wildman–Crippen MR) is 148 cm³/mol. The molecule has 2 atom stereocenters. The van der Waals surface area contributed by atoms with Crippen molar-refractivity contribution < 1.29 is 19.5 Å². The molecule has 39 heavy (non-hydrogen) atoms. The Morgan fingerprint density at radius 2 is 1.62 bits per heavy atom. The number of hydrogen-bond acceptors (Lipinski definition) is 5. The van der Waals surface area contributed by atoms with E-state index in [0.29, 0.717) is 50.1 Å². The third-order valence-corrected chi connectivity index (χ3v) is 10.1. The van der Waals surface area contributed by atoms with Crippen molar-refractivity contribution in [3.8, 4) is 0 Å². The molecule has 0 spiro atoms. The Labute approximate surface area is 239 Å². The van der Waals surface area contributed by atoms with E-state index in [1.165, 1.54) is 31.7 Å². The first-order chi connectivity index (χ1) is 18.6. The van der Waals surface area contributed by atoms with Gasteiger partial charge in [-0.2, -0.15) is 5.10 Å². The number of carbonyl (C=O) groups is 3. The molecular weight excluding hydrogens is 539 g/mol. The Morgan fingerprint density at radius 1 is 0.974 bits per heavy atom. The van der Waals surface area contributed by atoms with Gasteiger partial charge in [0.2, 0.25) is 0 Å². The van der Waals surface area contributed by atoms with Crippen molar-refractivity contribution in [2.45, 2.75) is 90.1 Å². The van der Waals surface area contributed by atoms with E-state index < -0.39 is 17.4 Å². The fourth-order valence-electron chi connectivity index (χ4n) is 6.96. The van der Waals surface area contributed by atoms with Crippen LogP contribution in [0.15, 0.2) is 18.6 Å². The van der Waals surface area contributed by atoms with E-state index in [1.54, 1.807) is 18.0 Å². The van der Waals surface area contributed by atoms with Crippen molar-refractivity contribution in [2.24, 2.45) is 17.3 Å². The molecule has 2 aliphatic carbocycles. The van der Waals surface area contributed by atoms with Crippen LogP contribution < -0.4 is 0 Å². The first kappa shape index (κ1) is 28.1. The van der Waals surface area contributed by atoms with Gasteiger partial charge in [-0.3, -0.25) is 24.0 Å². The van der Waals surface area contributed by atoms with E-state index in [-0.39, 0.29) is 39.3 Å². The molecule has 0 bridgehead atoms. The van der Waals surface area contributed by atoms with Crippen molar-refractivity contribution in [1.29, 1.82) is 0 Å². The van der Waals surface area contributed by atoms with Gasteiger partial charge in [0.15, 0.2) is 5.78 Å². The minimum absolute atomic E-state index is 0.0411. The van der Waals surface area contributed by atoms with E-state index in [4.69, 9.17) is 23.2 Å². The maximum Gasteiger partial charge on any atom is 0.309 e. The van der Waals surface area contributed by atoms with Gasteiger partial charge in [-0.25, -0.2) is 0 Å². The van der Waals surface area contributed by atoms with Crippen molar-refractivity contribution in [1.82, 2.24) is 19.7 Å². The van der Waals surface area contributed by atoms with Gasteiger partial charge >= 0.3 is 5.97 Å². The lowest BCUT2D eigenvalue weighted by atomic mass is 9.74. The maximum atomic E-state index is 14.1. The highest BCUT2D eigenvalue weighted by atomic mass is 35.5. The Morgan fingerprint density at radius 3 is 2.23 bits per heavy atom. The summed E-state index contributed by atoms with van der Waals surface area (Å²) in [5.41, 5.74) is 0.728. The molecule has 2 aromatic heterocycles. The number of nitrogens with zero attached hydrogens (tertiary/aromatic N) is 4. The lowest BCUT2D eigenvalue weighted by molar-refractivity contribution is -0.150. The number of halogens is 2. The largest absolute Gasteiger partial charge is 0.481 e. The smallest absolute Gasteiger partial charge is 0.309 e. The molecule has 10 heteroatoms. The molecule has 1 aliphatic heterocycles. The van der Waals surface area contributed by atoms with Gasteiger partial charge in [0.05, 0.1) is 44.9 Å². The van der Waals surface area contributed by atoms with Crippen LogP contribution in [0.5, 0.6) is 0 Å². The van der Waals surface area contributed by atoms with Crippen LogP contribution in [0.2, 0.25) is 10.0 Å². The molecule has 3 heterocycles. The number of aromatic nitrogens is 3. The molecule has 1 amide bonds. The van der Waals surface area contributed by atoms with Crippen molar-refractivity contribution >= 4 is 40.9 Å². The third kappa shape index (κ3) is 5.34. The standard InChI is InChI=1S/C29H36Cl2N4O4/c1-17-21(13-33-35(17)20-8-10-29(2,11-9-20)28(38)39)27(37)34-16-19(18-6-4-3-5-7-18)12-24(34)26(36)25-22(30)14-32-15-23(25)31/h13-15,18-20,24H,3-12,16H2,1-2H3,(H,38,39)/t19-,20?,24+,29?/m1/s1. The lowest BCUT2D eigenvalue weighted by Gasteiger charge is -2.34. The fourth-order valence-corrected chi connectivity index (χ4v) is 7.51. The summed E-state index contributed by atoms with van der Waals surface area (Å²) in [4.78, 5) is 45.3. The van der Waals surface area contributed by atoms with Gasteiger partial charge in [0, 0.05) is 24.6 Å². The second-order valence-corrected chi connectivity index (χ2v) is 12.7. The van der Waals surface area contributed by atoms with Gasteiger partial charge in [0.1, 0.15) is 0 Å². The number of carboxylic acid groups (broad SMARTS) is 1. The minimum atomic E-state index is -0.763. The van der Waals surface area contributed by atoms with Crippen LogP contribution in [0.4, 0.5) is 0 Å². The molecule has 5 rings (SSSR count). The summed E-state index contributed by atoms with van der Waals surface area (Å²) in [7, 11) is 0. The number of pyridine rings is 1. The Hall–Kier alpha value is -2.45. The van der Waals surface area contributed by atoms with E-state index in [0.717, 1.165) is 18.5 Å². The molecule has 0 unspecified atom stereocenters. The van der Waals surface area contributed by atoms with Gasteiger partial charge in [0.25, 0.3) is 5.91 Å². The molecule has 2 saturated carbocycles. The van der Waals surface area contributed by atoms with Crippen molar-refractivity contribution in [3.63, 3.8) is 0 Å². The maximum absolute atomic E-state index is 14.1. The van der Waals surface area contributed by atoms with Crippen molar-refractivity contribution in [3.05, 3.63) is 45.5 Å². The fraction of sp³-hybridized carbons (Fsp3) is 0.621. The second-order valence-electron chi connectivity index (χ2n) is 11.9. The van der Waals surface area contributed by atoms with Gasteiger partial charge in [-0.15, -0.1) is 0 Å². The highest BCUT2D eigenvalue weighted by molar-refractivity contribution is 6.40. The molecule has 1 saturated heterocycles. The number of aliphatic carboxylic acids is 1. The topological polar surface area (TPSA) is 105 Å². The number of hydrogen-bond donors (Lipinski definition) is 1. The number of amides is 1. The minimum Gasteiger partial charge on any atom is -0.481 e. The first-order valence-corrected chi connectivity index (χ1v) is 14.8. The van der Waals surface area contributed by atoms with Crippen molar-refractivity contribution in [2.75, 3.05) is 6.54 Å². The average molecular weight is 576 g/mol. The zero-order valence-corrected chi connectivity index (χ0v) is 24.0. The number of carboxylic acids is 1. The van der Waals surface area contributed by atoms with Gasteiger partial charge in [-0.1, -0.05) is 55.3 Å². The van der Waals surface area contributed by atoms with Crippen LogP contribution in [0.1, 0.15) is 104 Å². The number of Topliss-reactive ketones (excluding diaryl/α,β-unsaturated/α-hetero) is 1. The molecule has 210 valence electrons. The molecule has 8 nitrogen and oxygen atoms in total. The van der Waals surface area contributed by atoms with Gasteiger partial charge < -0.3 is 10.0 Å². The molecular formula is C29H36Cl2N4O4. The third-order valence-electron chi connectivity index (χ3n) is 9.51. The van der Waals surface area contributed by atoms with Gasteiger partial charge in [-0.05, 0) is 57.8 Å². The zero-order chi connectivity index (χ0) is 27.9. The van der Waals surface area contributed by atoms with E-state index in [9.17, 15) is 19.5 Å². The summed E-state index contributed by atoms with van der Waals surface area (Å²) < 4.78 is 1.87. The second kappa shape index (κ2) is 11.2. The Kier molecular flexibility index (Phi) is 8.07. The summed E-state index contributed by atoms with van der Waals surface area (Å²) in [6, 6.07) is -0.616. The zero-order valence-electron chi connectivity index (χ0n) is 22.5. The monoisotopic (exact) mass is 574 g/mol. The lowest BCUT2D eigenvalue weighted by Crippen LogP contribution is -2.41. The Balaban J connectivity index is 1.41. The summed E-state index contributed by atoms with van der Waals surface area (Å²) in [5.74, 6) is -0.484. The highest BCUT2D eigenvalue weighted by Crippen LogP contribution is 2.42. The number of likely N-dealkylation sites (tertiary alicyclic amines) is 1. The van der Waals surface area contributed by atoms with E-state index in [2.05, 4.69) is 10.1 Å². The summed E-state index contributed by atoms with van der Waals surface area (Å²) in [5, 5.41) is 14.5. The molecule has 2 aromatic rings. The van der Waals surface area contributed by atoms with Crippen LogP contribution in [-0.4, -0.2) is 55.0 Å². The van der Waals surface area contributed by atoms with E-state index in [1.807, 2.05) is 11.6 Å². The van der Waals surface area contributed by atoms with Crippen LogP contribution in [-0.2, 0) is 4.79 Å². The molecule has 3 fully saturated rings. The quantitative estimate of drug-likeness (QED) is 0.400. The summed E-state index contributed by atoms with van der Waals surface area (Å²) in [6.45, 7) is 4.20. The molecule has 1 N–H and O–H groups in total. The number of rotatable bonds is 6. The normalized spacial score (nSPS) is 28.0. The highest BCUT2D eigenvalue weighted by Gasteiger charge is 2.45.